The van der Waals surface area contributed by atoms with Crippen molar-refractivity contribution in [3.8, 4) is 6.07 Å². The van der Waals surface area contributed by atoms with E-state index in [0.717, 1.165) is 24.3 Å². The topological polar surface area (TPSA) is 33.0 Å². The summed E-state index contributed by atoms with van der Waals surface area (Å²) in [6.07, 6.45) is -10.7. The molecule has 19 heteroatoms. The van der Waals surface area contributed by atoms with Crippen molar-refractivity contribution in [2.45, 2.75) is 66.6 Å². The molecule has 0 radical (unpaired) electrons. The van der Waals surface area contributed by atoms with Crippen LogP contribution in [0.5, 0.6) is 0 Å². The lowest BCUT2D eigenvalue weighted by atomic mass is 9.82. The van der Waals surface area contributed by atoms with E-state index in [1.54, 1.807) is 0 Å². The molecule has 0 heterocycles. The summed E-state index contributed by atoms with van der Waals surface area (Å²) < 4.78 is 233. The minimum Gasteiger partial charge on any atom is -0.374 e. The van der Waals surface area contributed by atoms with Crippen molar-refractivity contribution < 1.29 is 79.4 Å². The number of alkyl halides is 17. The monoisotopic (exact) mass is 593 g/mol. The van der Waals surface area contributed by atoms with Crippen LogP contribution in [-0.2, 0) is 10.3 Å². The molecule has 0 aliphatic carbocycles. The molecule has 0 aliphatic rings. The summed E-state index contributed by atoms with van der Waals surface area (Å²) >= 11 is 0. The first kappa shape index (κ1) is 33.5. The van der Waals surface area contributed by atoms with Crippen LogP contribution >= 0.6 is 0 Å². The highest BCUT2D eigenvalue weighted by Crippen LogP contribution is 2.64. The van der Waals surface area contributed by atoms with Gasteiger partial charge in [0.05, 0.1) is 23.7 Å². The van der Waals surface area contributed by atoms with Crippen LogP contribution < -0.4 is 0 Å². The molecule has 0 spiro atoms. The Kier molecular flexibility index (Phi) is 8.20. The van der Waals surface area contributed by atoms with Crippen LogP contribution in [0.1, 0.15) is 24.5 Å². The molecule has 1 rings (SSSR count). The van der Waals surface area contributed by atoms with Crippen LogP contribution in [0.25, 0.3) is 0 Å². The molecule has 1 aromatic rings. The third kappa shape index (κ3) is 4.51. The van der Waals surface area contributed by atoms with Crippen molar-refractivity contribution in [2.24, 2.45) is 0 Å². The van der Waals surface area contributed by atoms with E-state index in [0.29, 0.717) is 14.0 Å². The van der Waals surface area contributed by atoms with Gasteiger partial charge in [-0.25, -0.2) is 0 Å². The number of nitrogens with zero attached hydrogens (tertiary/aromatic N) is 1. The second kappa shape index (κ2) is 9.30. The number of methoxy groups -OCH3 is 1. The van der Waals surface area contributed by atoms with E-state index < -0.39 is 70.8 Å². The number of rotatable bonds is 10. The molecule has 2 nitrogen and oxygen atoms in total. The molecule has 1 unspecified atom stereocenters. The van der Waals surface area contributed by atoms with E-state index >= 15 is 0 Å². The van der Waals surface area contributed by atoms with E-state index in [9.17, 15) is 74.6 Å². The van der Waals surface area contributed by atoms with Gasteiger partial charge in [-0.05, 0) is 13.0 Å². The Morgan fingerprint density at radius 2 is 1.00 bits per heavy atom. The van der Waals surface area contributed by atoms with E-state index in [4.69, 9.17) is 5.26 Å². The lowest BCUT2D eigenvalue weighted by Gasteiger charge is -2.44. The largest absolute Gasteiger partial charge is 0.460 e. The average molecular weight is 593 g/mol. The van der Waals surface area contributed by atoms with Gasteiger partial charge >= 0.3 is 47.6 Å². The molecule has 0 amide bonds. The normalized spacial score (nSPS) is 16.7. The number of nitriles is 1. The number of hydrogen-bond donors (Lipinski definition) is 0. The Hall–Kier alpha value is -2.52. The van der Waals surface area contributed by atoms with Gasteiger partial charge in [-0.3, -0.25) is 0 Å². The van der Waals surface area contributed by atoms with Gasteiger partial charge in [-0.15, -0.1) is 0 Å². The van der Waals surface area contributed by atoms with Gasteiger partial charge in [0.15, 0.2) is 0 Å². The summed E-state index contributed by atoms with van der Waals surface area (Å²) in [6.45, 7) is 0.413. The molecule has 218 valence electrons. The Bertz CT molecular complexity index is 1060. The Labute approximate surface area is 200 Å². The molecular weight excluding hydrogens is 581 g/mol. The Morgan fingerprint density at radius 1 is 0.632 bits per heavy atom. The number of halogens is 17. The highest BCUT2D eigenvalue weighted by molar-refractivity contribution is 5.41. The molecule has 38 heavy (non-hydrogen) atoms. The zero-order valence-corrected chi connectivity index (χ0v) is 18.3. The van der Waals surface area contributed by atoms with Crippen LogP contribution in [0.2, 0.25) is 0 Å². The summed E-state index contributed by atoms with van der Waals surface area (Å²) in [6, 6.07) is 4.99. The molecular formula is C19H12F17NO. The van der Waals surface area contributed by atoms with Crippen LogP contribution in [0.15, 0.2) is 24.3 Å². The summed E-state index contributed by atoms with van der Waals surface area (Å²) in [5.41, 5.74) is -4.38. The van der Waals surface area contributed by atoms with Gasteiger partial charge in [0.2, 0.25) is 0 Å². The second-order valence-corrected chi connectivity index (χ2v) is 7.92. The number of hydrogen-bond acceptors (Lipinski definition) is 2. The van der Waals surface area contributed by atoms with Crippen molar-refractivity contribution in [3.05, 3.63) is 35.4 Å². The van der Waals surface area contributed by atoms with Crippen LogP contribution in [0.4, 0.5) is 74.6 Å². The summed E-state index contributed by atoms with van der Waals surface area (Å²) in [5, 5.41) is 9.00. The van der Waals surface area contributed by atoms with Gasteiger partial charge in [0.1, 0.15) is 0 Å². The SMILES string of the molecule is COC(C)(CC(F)(F)C(F)(F)C(F)(F)C(F)(F)C(F)(F)C(F)(F)C(F)(F)C(F)(F)F)c1ccccc1C#N. The first-order valence-electron chi connectivity index (χ1n) is 9.33. The minimum atomic E-state index is -8.69. The Balaban J connectivity index is 3.72. The van der Waals surface area contributed by atoms with Crippen molar-refractivity contribution in [1.82, 2.24) is 0 Å². The van der Waals surface area contributed by atoms with Crippen LogP contribution in [0.3, 0.4) is 0 Å². The standard InChI is InChI=1S/C19H12F17NO/c1-11(38-2,10-6-4-3-5-9(10)7-37)8-12(20,21)13(22,23)14(24,25)15(26,27)16(28,29)17(30,31)18(32,33)19(34,35)36/h3-6H,8H2,1-2H3. The molecule has 0 aliphatic heterocycles. The first-order chi connectivity index (χ1) is 16.6. The minimum absolute atomic E-state index is 0.413. The quantitative estimate of drug-likeness (QED) is 0.259. The van der Waals surface area contributed by atoms with Crippen LogP contribution in [0, 0.1) is 11.3 Å². The predicted molar refractivity (Wildman–Crippen MR) is 90.8 cm³/mol. The van der Waals surface area contributed by atoms with Crippen LogP contribution in [-0.4, -0.2) is 54.7 Å². The van der Waals surface area contributed by atoms with E-state index in [1.165, 1.54) is 6.07 Å². The molecule has 0 N–H and O–H groups in total. The highest BCUT2D eigenvalue weighted by Gasteiger charge is 2.95. The van der Waals surface area contributed by atoms with Gasteiger partial charge in [0, 0.05) is 12.7 Å². The lowest BCUT2D eigenvalue weighted by Crippen LogP contribution is -2.74. The molecule has 0 fully saturated rings. The smallest absolute Gasteiger partial charge is 0.374 e. The molecule has 0 saturated heterocycles. The molecule has 0 aromatic heterocycles. The first-order valence-corrected chi connectivity index (χ1v) is 9.33. The van der Waals surface area contributed by atoms with Gasteiger partial charge < -0.3 is 4.74 Å². The fraction of sp³-hybridized carbons (Fsp3) is 0.632. The number of ether oxygens (including phenoxy) is 1. The van der Waals surface area contributed by atoms with E-state index in [2.05, 4.69) is 4.74 Å². The molecule has 1 aromatic carbocycles. The van der Waals surface area contributed by atoms with Crippen molar-refractivity contribution in [3.63, 3.8) is 0 Å². The van der Waals surface area contributed by atoms with Gasteiger partial charge in [0.25, 0.3) is 0 Å². The van der Waals surface area contributed by atoms with E-state index in [1.807, 2.05) is 0 Å². The second-order valence-electron chi connectivity index (χ2n) is 7.92. The van der Waals surface area contributed by atoms with E-state index in [-0.39, 0.29) is 0 Å². The van der Waals surface area contributed by atoms with Crippen molar-refractivity contribution in [1.29, 1.82) is 5.26 Å². The summed E-state index contributed by atoms with van der Waals surface area (Å²) in [5.74, 6) is -57.0. The van der Waals surface area contributed by atoms with Gasteiger partial charge in [-0.1, -0.05) is 18.2 Å². The fourth-order valence-electron chi connectivity index (χ4n) is 3.05. The predicted octanol–water partition coefficient (Wildman–Crippen LogP) is 7.82. The Morgan fingerprint density at radius 3 is 1.37 bits per heavy atom. The highest BCUT2D eigenvalue weighted by atomic mass is 19.4. The third-order valence-corrected chi connectivity index (χ3v) is 5.41. The van der Waals surface area contributed by atoms with Crippen molar-refractivity contribution >= 4 is 0 Å². The third-order valence-electron chi connectivity index (χ3n) is 5.41. The molecule has 1 atom stereocenters. The average Bonchev–Trinajstić information content (AvgIpc) is 2.76. The maximum atomic E-state index is 14.5. The zero-order chi connectivity index (χ0) is 30.6. The van der Waals surface area contributed by atoms with Gasteiger partial charge in [-0.2, -0.15) is 79.9 Å². The fourth-order valence-corrected chi connectivity index (χ4v) is 3.05. The molecule has 0 bridgehead atoms. The van der Waals surface area contributed by atoms with Crippen molar-refractivity contribution in [2.75, 3.05) is 7.11 Å². The summed E-state index contributed by atoms with van der Waals surface area (Å²) in [7, 11) is 0.461. The zero-order valence-electron chi connectivity index (χ0n) is 18.3. The number of benzene rings is 1. The molecule has 0 saturated carbocycles. The lowest BCUT2D eigenvalue weighted by molar-refractivity contribution is -0.462. The maximum Gasteiger partial charge on any atom is 0.460 e. The maximum absolute atomic E-state index is 14.5. The summed E-state index contributed by atoms with van der Waals surface area (Å²) in [4.78, 5) is 0.